The monoisotopic (exact) mass is 237 g/mol. The van der Waals surface area contributed by atoms with Crippen LogP contribution in [0, 0.1) is 5.92 Å². The predicted molar refractivity (Wildman–Crippen MR) is 62.6 cm³/mol. The Labute approximate surface area is 101 Å². The SMILES string of the molecule is CC1CCC(c2nncn2CCC(=O)O)CC1. The first-order chi connectivity index (χ1) is 8.16. The number of hydrogen-bond acceptors (Lipinski definition) is 3. The van der Waals surface area contributed by atoms with Gasteiger partial charge in [-0.25, -0.2) is 0 Å². The summed E-state index contributed by atoms with van der Waals surface area (Å²) in [6, 6.07) is 0. The molecule has 1 N–H and O–H groups in total. The molecule has 1 aliphatic rings. The number of rotatable bonds is 4. The molecule has 94 valence electrons. The van der Waals surface area contributed by atoms with Gasteiger partial charge in [0, 0.05) is 12.5 Å². The third-order valence-corrected chi connectivity index (χ3v) is 3.59. The van der Waals surface area contributed by atoms with E-state index >= 15 is 0 Å². The lowest BCUT2D eigenvalue weighted by Crippen LogP contribution is -2.16. The summed E-state index contributed by atoms with van der Waals surface area (Å²) in [6.45, 7) is 2.76. The number of aliphatic carboxylic acids is 1. The van der Waals surface area contributed by atoms with E-state index in [1.807, 2.05) is 4.57 Å². The Bertz CT molecular complexity index is 381. The van der Waals surface area contributed by atoms with Crippen LogP contribution in [0.4, 0.5) is 0 Å². The summed E-state index contributed by atoms with van der Waals surface area (Å²) in [7, 11) is 0. The summed E-state index contributed by atoms with van der Waals surface area (Å²) in [5.41, 5.74) is 0. The van der Waals surface area contributed by atoms with Crippen LogP contribution in [0.2, 0.25) is 0 Å². The van der Waals surface area contributed by atoms with Gasteiger partial charge in [0.05, 0.1) is 6.42 Å². The number of aryl methyl sites for hydroxylation is 1. The average Bonchev–Trinajstić information content (AvgIpc) is 2.75. The van der Waals surface area contributed by atoms with E-state index in [-0.39, 0.29) is 6.42 Å². The number of carbonyl (C=O) groups is 1. The van der Waals surface area contributed by atoms with Crippen LogP contribution in [-0.2, 0) is 11.3 Å². The molecule has 0 atom stereocenters. The van der Waals surface area contributed by atoms with Gasteiger partial charge in [0.1, 0.15) is 12.2 Å². The normalized spacial score (nSPS) is 24.8. The Hall–Kier alpha value is -1.39. The van der Waals surface area contributed by atoms with Crippen molar-refractivity contribution in [2.45, 2.75) is 51.5 Å². The van der Waals surface area contributed by atoms with E-state index in [0.29, 0.717) is 12.5 Å². The molecule has 5 heteroatoms. The predicted octanol–water partition coefficient (Wildman–Crippen LogP) is 2.05. The second kappa shape index (κ2) is 5.29. The van der Waals surface area contributed by atoms with Crippen LogP contribution in [0.15, 0.2) is 6.33 Å². The van der Waals surface area contributed by atoms with Gasteiger partial charge in [0.15, 0.2) is 0 Å². The molecule has 0 aromatic carbocycles. The zero-order chi connectivity index (χ0) is 12.3. The van der Waals surface area contributed by atoms with Crippen molar-refractivity contribution >= 4 is 5.97 Å². The fourth-order valence-electron chi connectivity index (χ4n) is 2.49. The van der Waals surface area contributed by atoms with E-state index < -0.39 is 5.97 Å². The molecule has 1 aromatic rings. The van der Waals surface area contributed by atoms with E-state index in [2.05, 4.69) is 17.1 Å². The topological polar surface area (TPSA) is 68.0 Å². The van der Waals surface area contributed by atoms with Gasteiger partial charge in [0.25, 0.3) is 0 Å². The highest BCUT2D eigenvalue weighted by molar-refractivity contribution is 5.66. The van der Waals surface area contributed by atoms with E-state index in [0.717, 1.165) is 24.6 Å². The summed E-state index contributed by atoms with van der Waals surface area (Å²) in [5.74, 6) is 1.46. The van der Waals surface area contributed by atoms with Gasteiger partial charge in [-0.3, -0.25) is 4.79 Å². The molecule has 1 heterocycles. The lowest BCUT2D eigenvalue weighted by molar-refractivity contribution is -0.137. The number of hydrogen-bond donors (Lipinski definition) is 1. The number of carboxylic acid groups (broad SMARTS) is 1. The Balaban J connectivity index is 2.00. The molecule has 5 nitrogen and oxygen atoms in total. The number of nitrogens with zero attached hydrogens (tertiary/aromatic N) is 3. The van der Waals surface area contributed by atoms with Gasteiger partial charge >= 0.3 is 5.97 Å². The summed E-state index contributed by atoms with van der Waals surface area (Å²) < 4.78 is 1.90. The number of carboxylic acids is 1. The molecule has 0 saturated heterocycles. The lowest BCUT2D eigenvalue weighted by Gasteiger charge is -2.25. The highest BCUT2D eigenvalue weighted by Crippen LogP contribution is 2.34. The van der Waals surface area contributed by atoms with Crippen LogP contribution in [0.1, 0.15) is 50.8 Å². The first kappa shape index (κ1) is 12.1. The van der Waals surface area contributed by atoms with Crippen molar-refractivity contribution in [1.29, 1.82) is 0 Å². The minimum absolute atomic E-state index is 0.133. The molecule has 1 fully saturated rings. The van der Waals surface area contributed by atoms with Crippen molar-refractivity contribution in [1.82, 2.24) is 14.8 Å². The second-order valence-electron chi connectivity index (χ2n) is 4.98. The fraction of sp³-hybridized carbons (Fsp3) is 0.750. The van der Waals surface area contributed by atoms with Gasteiger partial charge in [-0.15, -0.1) is 10.2 Å². The van der Waals surface area contributed by atoms with Crippen molar-refractivity contribution in [3.8, 4) is 0 Å². The second-order valence-corrected chi connectivity index (χ2v) is 4.98. The van der Waals surface area contributed by atoms with Crippen LogP contribution in [0.5, 0.6) is 0 Å². The smallest absolute Gasteiger partial charge is 0.305 e. The highest BCUT2D eigenvalue weighted by atomic mass is 16.4. The van der Waals surface area contributed by atoms with Crippen LogP contribution < -0.4 is 0 Å². The Morgan fingerprint density at radius 1 is 1.47 bits per heavy atom. The minimum Gasteiger partial charge on any atom is -0.481 e. The minimum atomic E-state index is -0.776. The molecule has 1 aromatic heterocycles. The number of aromatic nitrogens is 3. The molecule has 0 unspecified atom stereocenters. The van der Waals surface area contributed by atoms with E-state index in [1.54, 1.807) is 6.33 Å². The molecule has 1 aliphatic carbocycles. The van der Waals surface area contributed by atoms with Gasteiger partial charge in [-0.05, 0) is 18.8 Å². The van der Waals surface area contributed by atoms with Crippen molar-refractivity contribution in [2.75, 3.05) is 0 Å². The van der Waals surface area contributed by atoms with E-state index in [4.69, 9.17) is 5.11 Å². The molecule has 0 bridgehead atoms. The third-order valence-electron chi connectivity index (χ3n) is 3.59. The molecule has 0 aliphatic heterocycles. The Morgan fingerprint density at radius 3 is 2.82 bits per heavy atom. The van der Waals surface area contributed by atoms with Gasteiger partial charge in [-0.1, -0.05) is 19.8 Å². The average molecular weight is 237 g/mol. The standard InChI is InChI=1S/C12H19N3O2/c1-9-2-4-10(5-3-9)12-14-13-8-15(12)7-6-11(16)17/h8-10H,2-7H2,1H3,(H,16,17). The zero-order valence-electron chi connectivity index (χ0n) is 10.2. The maximum absolute atomic E-state index is 10.6. The molecule has 0 radical (unpaired) electrons. The van der Waals surface area contributed by atoms with Crippen LogP contribution >= 0.6 is 0 Å². The maximum atomic E-state index is 10.6. The summed E-state index contributed by atoms with van der Waals surface area (Å²) >= 11 is 0. The maximum Gasteiger partial charge on any atom is 0.305 e. The van der Waals surface area contributed by atoms with Crippen LogP contribution in [0.3, 0.4) is 0 Å². The summed E-state index contributed by atoms with van der Waals surface area (Å²) in [6.07, 6.45) is 6.54. The molecule has 0 spiro atoms. The highest BCUT2D eigenvalue weighted by Gasteiger charge is 2.23. The van der Waals surface area contributed by atoms with Crippen LogP contribution in [-0.4, -0.2) is 25.8 Å². The van der Waals surface area contributed by atoms with Crippen LogP contribution in [0.25, 0.3) is 0 Å². The molecule has 2 rings (SSSR count). The van der Waals surface area contributed by atoms with E-state index in [1.165, 1.54) is 12.8 Å². The van der Waals surface area contributed by atoms with Crippen molar-refractivity contribution in [3.63, 3.8) is 0 Å². The largest absolute Gasteiger partial charge is 0.481 e. The van der Waals surface area contributed by atoms with E-state index in [9.17, 15) is 4.79 Å². The lowest BCUT2D eigenvalue weighted by atomic mass is 9.82. The van der Waals surface area contributed by atoms with Gasteiger partial charge in [-0.2, -0.15) is 0 Å². The summed E-state index contributed by atoms with van der Waals surface area (Å²) in [5, 5.41) is 16.8. The van der Waals surface area contributed by atoms with Crippen molar-refractivity contribution < 1.29 is 9.90 Å². The molecule has 17 heavy (non-hydrogen) atoms. The quantitative estimate of drug-likeness (QED) is 0.870. The first-order valence-corrected chi connectivity index (χ1v) is 6.26. The molecule has 1 saturated carbocycles. The van der Waals surface area contributed by atoms with Gasteiger partial charge in [0.2, 0.25) is 0 Å². The molecular weight excluding hydrogens is 218 g/mol. The van der Waals surface area contributed by atoms with Crippen molar-refractivity contribution in [3.05, 3.63) is 12.2 Å². The molecular formula is C12H19N3O2. The zero-order valence-corrected chi connectivity index (χ0v) is 10.2. The van der Waals surface area contributed by atoms with Gasteiger partial charge < -0.3 is 9.67 Å². The Morgan fingerprint density at radius 2 is 2.18 bits per heavy atom. The Kier molecular flexibility index (Phi) is 3.76. The third kappa shape index (κ3) is 3.05. The fourth-order valence-corrected chi connectivity index (χ4v) is 2.49. The first-order valence-electron chi connectivity index (χ1n) is 6.26. The van der Waals surface area contributed by atoms with Crippen molar-refractivity contribution in [2.24, 2.45) is 5.92 Å². The summed E-state index contributed by atoms with van der Waals surface area (Å²) in [4.78, 5) is 10.6. The molecule has 0 amide bonds.